The van der Waals surface area contributed by atoms with Gasteiger partial charge in [0.1, 0.15) is 5.75 Å². The van der Waals surface area contributed by atoms with Crippen molar-refractivity contribution in [3.05, 3.63) is 28.2 Å². The molecule has 0 bridgehead atoms. The lowest BCUT2D eigenvalue weighted by atomic mass is 10.1. The zero-order valence-electron chi connectivity index (χ0n) is 12.9. The van der Waals surface area contributed by atoms with Crippen molar-refractivity contribution < 1.29 is 9.53 Å². The van der Waals surface area contributed by atoms with Gasteiger partial charge in [0.25, 0.3) is 5.91 Å². The highest BCUT2D eigenvalue weighted by Crippen LogP contribution is 2.25. The molecule has 0 atom stereocenters. The number of halogens is 1. The Morgan fingerprint density at radius 2 is 2.14 bits per heavy atom. The van der Waals surface area contributed by atoms with E-state index in [4.69, 9.17) is 4.74 Å². The number of unbranched alkanes of at least 4 members (excludes halogenated alkanes) is 2. The minimum Gasteiger partial charge on any atom is -0.483 e. The van der Waals surface area contributed by atoms with Gasteiger partial charge in [0.2, 0.25) is 0 Å². The molecule has 4 nitrogen and oxygen atoms in total. The second kappa shape index (κ2) is 9.55. The van der Waals surface area contributed by atoms with E-state index in [1.807, 2.05) is 32.0 Å². The van der Waals surface area contributed by atoms with Gasteiger partial charge in [0.15, 0.2) is 6.61 Å². The van der Waals surface area contributed by atoms with Gasteiger partial charge in [-0.15, -0.1) is 0 Å². The summed E-state index contributed by atoms with van der Waals surface area (Å²) in [6.07, 6.45) is 4.39. The van der Waals surface area contributed by atoms with Crippen LogP contribution in [0.5, 0.6) is 5.75 Å². The van der Waals surface area contributed by atoms with Gasteiger partial charge < -0.3 is 4.74 Å². The van der Waals surface area contributed by atoms with Crippen molar-refractivity contribution in [1.29, 1.82) is 0 Å². The molecule has 0 aromatic heterocycles. The molecule has 116 valence electrons. The van der Waals surface area contributed by atoms with Crippen LogP contribution in [0.3, 0.4) is 0 Å². The van der Waals surface area contributed by atoms with Crippen molar-refractivity contribution in [2.45, 2.75) is 46.5 Å². The first kappa shape index (κ1) is 17.7. The number of aryl methyl sites for hydroxylation is 1. The van der Waals surface area contributed by atoms with Gasteiger partial charge in [-0.2, -0.15) is 5.10 Å². The molecule has 1 aromatic carbocycles. The summed E-state index contributed by atoms with van der Waals surface area (Å²) >= 11 is 3.41. The first-order chi connectivity index (χ1) is 10.0. The molecule has 1 aromatic rings. The molecule has 1 N–H and O–H groups in total. The Hall–Kier alpha value is -1.36. The van der Waals surface area contributed by atoms with E-state index in [9.17, 15) is 4.79 Å². The number of hydrogen-bond donors (Lipinski definition) is 1. The topological polar surface area (TPSA) is 50.7 Å². The summed E-state index contributed by atoms with van der Waals surface area (Å²) in [4.78, 5) is 11.7. The first-order valence-corrected chi connectivity index (χ1v) is 8.03. The summed E-state index contributed by atoms with van der Waals surface area (Å²) in [6, 6.07) is 5.73. The Labute approximate surface area is 135 Å². The van der Waals surface area contributed by atoms with Gasteiger partial charge >= 0.3 is 0 Å². The average Bonchev–Trinajstić information content (AvgIpc) is 2.44. The van der Waals surface area contributed by atoms with Crippen molar-refractivity contribution in [2.24, 2.45) is 5.10 Å². The second-order valence-corrected chi connectivity index (χ2v) is 5.92. The predicted molar refractivity (Wildman–Crippen MR) is 89.8 cm³/mol. The van der Waals surface area contributed by atoms with Crippen molar-refractivity contribution in [3.63, 3.8) is 0 Å². The van der Waals surface area contributed by atoms with E-state index in [0.717, 1.165) is 28.6 Å². The van der Waals surface area contributed by atoms with Gasteiger partial charge in [0, 0.05) is 5.71 Å². The van der Waals surface area contributed by atoms with Crippen LogP contribution in [-0.2, 0) is 4.79 Å². The summed E-state index contributed by atoms with van der Waals surface area (Å²) in [5, 5.41) is 4.07. The lowest BCUT2D eigenvalue weighted by Gasteiger charge is -2.08. The molecule has 0 unspecified atom stereocenters. The van der Waals surface area contributed by atoms with Gasteiger partial charge in [-0.1, -0.05) is 25.8 Å². The van der Waals surface area contributed by atoms with Gasteiger partial charge in [-0.25, -0.2) is 5.43 Å². The van der Waals surface area contributed by atoms with Crippen LogP contribution in [0.2, 0.25) is 0 Å². The normalized spacial score (nSPS) is 11.3. The van der Waals surface area contributed by atoms with Crippen LogP contribution in [0.1, 0.15) is 45.1 Å². The molecule has 0 heterocycles. The van der Waals surface area contributed by atoms with Crippen molar-refractivity contribution in [3.8, 4) is 5.75 Å². The second-order valence-electron chi connectivity index (χ2n) is 5.06. The predicted octanol–water partition coefficient (Wildman–Crippen LogP) is 4.21. The number of rotatable bonds is 8. The van der Waals surface area contributed by atoms with Crippen LogP contribution in [0.15, 0.2) is 27.8 Å². The van der Waals surface area contributed by atoms with E-state index in [1.165, 1.54) is 12.8 Å². The molecule has 0 aliphatic heterocycles. The molecule has 1 amide bonds. The number of nitrogens with one attached hydrogen (secondary N) is 1. The van der Waals surface area contributed by atoms with Crippen LogP contribution >= 0.6 is 15.9 Å². The van der Waals surface area contributed by atoms with Crippen LogP contribution in [-0.4, -0.2) is 18.2 Å². The molecule has 5 heteroatoms. The number of ether oxygens (including phenoxy) is 1. The third kappa shape index (κ3) is 7.27. The summed E-state index contributed by atoms with van der Waals surface area (Å²) < 4.78 is 6.30. The quantitative estimate of drug-likeness (QED) is 0.431. The molecule has 0 aliphatic rings. The Morgan fingerprint density at radius 3 is 2.81 bits per heavy atom. The maximum Gasteiger partial charge on any atom is 0.277 e. The highest BCUT2D eigenvalue weighted by molar-refractivity contribution is 9.10. The van der Waals surface area contributed by atoms with Gasteiger partial charge in [0.05, 0.1) is 4.47 Å². The standard InChI is InChI=1S/C16H23BrN2O2/c1-4-5-6-7-13(3)18-19-16(20)11-21-15-9-8-12(2)10-14(15)17/h8-10H,4-7,11H2,1-3H3,(H,19,20)/b18-13+. The van der Waals surface area contributed by atoms with E-state index in [2.05, 4.69) is 33.4 Å². The van der Waals surface area contributed by atoms with E-state index in [0.29, 0.717) is 5.75 Å². The molecule has 0 radical (unpaired) electrons. The highest BCUT2D eigenvalue weighted by atomic mass is 79.9. The Balaban J connectivity index is 2.35. The molecule has 0 fully saturated rings. The molecule has 0 aliphatic carbocycles. The zero-order chi connectivity index (χ0) is 15.7. The minimum atomic E-state index is -0.252. The average molecular weight is 355 g/mol. The Bertz CT molecular complexity index is 501. The molecule has 0 saturated heterocycles. The number of carbonyl (C=O) groups is 1. The Kier molecular flexibility index (Phi) is 8.05. The molecule has 21 heavy (non-hydrogen) atoms. The number of hydrazone groups is 1. The third-order valence-corrected chi connectivity index (χ3v) is 3.58. The van der Waals surface area contributed by atoms with Crippen LogP contribution in [0, 0.1) is 6.92 Å². The fourth-order valence-corrected chi connectivity index (χ4v) is 2.35. The minimum absolute atomic E-state index is 0.0482. The van der Waals surface area contributed by atoms with Gasteiger partial charge in [-0.3, -0.25) is 4.79 Å². The third-order valence-electron chi connectivity index (χ3n) is 2.96. The largest absolute Gasteiger partial charge is 0.483 e. The number of hydrogen-bond acceptors (Lipinski definition) is 3. The molecular formula is C16H23BrN2O2. The summed E-state index contributed by atoms with van der Waals surface area (Å²) in [6.45, 7) is 6.03. The lowest BCUT2D eigenvalue weighted by molar-refractivity contribution is -0.123. The van der Waals surface area contributed by atoms with E-state index < -0.39 is 0 Å². The summed E-state index contributed by atoms with van der Waals surface area (Å²) in [5.74, 6) is 0.400. The molecular weight excluding hydrogens is 332 g/mol. The smallest absolute Gasteiger partial charge is 0.277 e. The first-order valence-electron chi connectivity index (χ1n) is 7.24. The van der Waals surface area contributed by atoms with Crippen LogP contribution in [0.25, 0.3) is 0 Å². The maximum absolute atomic E-state index is 11.7. The lowest BCUT2D eigenvalue weighted by Crippen LogP contribution is -2.25. The number of nitrogens with zero attached hydrogens (tertiary/aromatic N) is 1. The number of carbonyl (C=O) groups excluding carboxylic acids is 1. The zero-order valence-corrected chi connectivity index (χ0v) is 14.5. The number of amides is 1. The summed E-state index contributed by atoms with van der Waals surface area (Å²) in [5.41, 5.74) is 4.59. The number of benzene rings is 1. The Morgan fingerprint density at radius 1 is 1.38 bits per heavy atom. The van der Waals surface area contributed by atoms with Crippen LogP contribution < -0.4 is 10.2 Å². The van der Waals surface area contributed by atoms with Crippen LogP contribution in [0.4, 0.5) is 0 Å². The van der Waals surface area contributed by atoms with Crippen molar-refractivity contribution in [2.75, 3.05) is 6.61 Å². The molecule has 0 spiro atoms. The molecule has 0 saturated carbocycles. The monoisotopic (exact) mass is 354 g/mol. The summed E-state index contributed by atoms with van der Waals surface area (Å²) in [7, 11) is 0. The molecule has 1 rings (SSSR count). The van der Waals surface area contributed by atoms with E-state index >= 15 is 0 Å². The highest BCUT2D eigenvalue weighted by Gasteiger charge is 2.05. The fourth-order valence-electron chi connectivity index (χ4n) is 1.74. The van der Waals surface area contributed by atoms with Crippen molar-refractivity contribution >= 4 is 27.5 Å². The SMILES string of the molecule is CCCCC/C(C)=N/NC(=O)COc1ccc(C)cc1Br. The maximum atomic E-state index is 11.7. The van der Waals surface area contributed by atoms with E-state index in [-0.39, 0.29) is 12.5 Å². The van der Waals surface area contributed by atoms with E-state index in [1.54, 1.807) is 0 Å². The van der Waals surface area contributed by atoms with Gasteiger partial charge in [-0.05, 0) is 60.3 Å². The van der Waals surface area contributed by atoms with Crippen molar-refractivity contribution in [1.82, 2.24) is 5.43 Å². The fraction of sp³-hybridized carbons (Fsp3) is 0.500.